The van der Waals surface area contributed by atoms with Gasteiger partial charge >= 0.3 is 5.97 Å². The molecule has 2 aromatic rings. The van der Waals surface area contributed by atoms with Gasteiger partial charge in [-0.2, -0.15) is 0 Å². The molecule has 1 aromatic carbocycles. The first-order valence-corrected chi connectivity index (χ1v) is 7.28. The minimum atomic E-state index is -2.92. The molecule has 0 saturated heterocycles. The van der Waals surface area contributed by atoms with Gasteiger partial charge in [-0.05, 0) is 24.8 Å². The molecule has 0 aliphatic carbocycles. The molecule has 12 heteroatoms. The lowest BCUT2D eigenvalue weighted by atomic mass is 10.2. The predicted molar refractivity (Wildman–Crippen MR) is 78.3 cm³/mol. The Morgan fingerprint density at radius 3 is 2.75 bits per heavy atom. The van der Waals surface area contributed by atoms with Crippen LogP contribution in [0.5, 0.6) is 0 Å². The predicted octanol–water partition coefficient (Wildman–Crippen LogP) is 2.17. The summed E-state index contributed by atoms with van der Waals surface area (Å²) < 4.78 is 30.8. The van der Waals surface area contributed by atoms with Gasteiger partial charge in [-0.15, -0.1) is 10.2 Å². The van der Waals surface area contributed by atoms with E-state index in [2.05, 4.69) is 10.2 Å². The highest BCUT2D eigenvalue weighted by Gasteiger charge is 2.23. The lowest BCUT2D eigenvalue weighted by Crippen LogP contribution is -2.14. The number of halogens is 2. The Balaban J connectivity index is 2.42. The van der Waals surface area contributed by atoms with E-state index < -0.39 is 23.1 Å². The van der Waals surface area contributed by atoms with Crippen LogP contribution >= 0.6 is 11.8 Å². The van der Waals surface area contributed by atoms with Crippen LogP contribution in [-0.2, 0) is 4.74 Å². The van der Waals surface area contributed by atoms with Crippen LogP contribution in [0.4, 0.5) is 14.5 Å². The van der Waals surface area contributed by atoms with Gasteiger partial charge in [0, 0.05) is 17.0 Å². The molecule has 0 amide bonds. The number of nitrogens with zero attached hydrogens (tertiary/aromatic N) is 4. The van der Waals surface area contributed by atoms with Crippen molar-refractivity contribution in [3.8, 4) is 0 Å². The molecule has 128 valence electrons. The third-order valence-electron chi connectivity index (χ3n) is 2.76. The van der Waals surface area contributed by atoms with Crippen molar-refractivity contribution in [2.45, 2.75) is 23.4 Å². The molecule has 0 unspecified atom stereocenters. The number of rotatable bonds is 6. The van der Waals surface area contributed by atoms with Crippen LogP contribution in [0.25, 0.3) is 0 Å². The molecule has 0 radical (unpaired) electrons. The normalized spacial score (nSPS) is 10.8. The maximum Gasteiger partial charge on any atom is 0.339 e. The summed E-state index contributed by atoms with van der Waals surface area (Å²) in [5, 5.41) is 17.5. The topological polar surface area (TPSA) is 126 Å². The Morgan fingerprint density at radius 2 is 2.21 bits per heavy atom. The van der Waals surface area contributed by atoms with E-state index in [-0.39, 0.29) is 27.9 Å². The molecule has 2 rings (SSSR count). The average molecular weight is 359 g/mol. The minimum absolute atomic E-state index is 0.0637. The van der Waals surface area contributed by atoms with Crippen molar-refractivity contribution >= 4 is 23.4 Å². The summed E-state index contributed by atoms with van der Waals surface area (Å²) >= 11 is 0.761. The van der Waals surface area contributed by atoms with Crippen LogP contribution in [0.1, 0.15) is 29.5 Å². The maximum absolute atomic E-state index is 12.7. The smallest absolute Gasteiger partial charge is 0.339 e. The van der Waals surface area contributed by atoms with Gasteiger partial charge in [-0.3, -0.25) is 10.1 Å². The Kier molecular flexibility index (Phi) is 5.28. The van der Waals surface area contributed by atoms with Gasteiger partial charge in [0.2, 0.25) is 11.0 Å². The Morgan fingerprint density at radius 1 is 1.50 bits per heavy atom. The number of non-ortho nitro benzene ring substituents is 1. The SMILES string of the molecule is CCOC(=O)c1cc([N+](=O)[O-])ccc1Sc1nnc(C(F)F)n1N. The maximum atomic E-state index is 12.7. The summed E-state index contributed by atoms with van der Waals surface area (Å²) in [5.74, 6) is 3.95. The van der Waals surface area contributed by atoms with Crippen molar-refractivity contribution in [3.05, 3.63) is 39.7 Å². The Bertz CT molecular complexity index is 783. The van der Waals surface area contributed by atoms with Crippen molar-refractivity contribution in [1.29, 1.82) is 0 Å². The van der Waals surface area contributed by atoms with E-state index in [9.17, 15) is 23.7 Å². The standard InChI is InChI=1S/C12H11F2N5O4S/c1-2-23-11(20)7-5-6(19(21)22)3-4-8(7)24-12-17-16-10(9(13)14)18(12)15/h3-5,9H,2,15H2,1H3. The van der Waals surface area contributed by atoms with Gasteiger partial charge in [0.15, 0.2) is 0 Å². The van der Waals surface area contributed by atoms with Gasteiger partial charge in [-0.25, -0.2) is 18.3 Å². The summed E-state index contributed by atoms with van der Waals surface area (Å²) in [6.07, 6.45) is -2.92. The average Bonchev–Trinajstić information content (AvgIpc) is 2.89. The van der Waals surface area contributed by atoms with E-state index in [0.29, 0.717) is 4.68 Å². The number of hydrogen-bond donors (Lipinski definition) is 1. The number of nitrogen functional groups attached to an aromatic ring is 1. The van der Waals surface area contributed by atoms with E-state index in [1.54, 1.807) is 6.92 Å². The Labute approximate surface area is 137 Å². The number of ether oxygens (including phenoxy) is 1. The zero-order valence-corrected chi connectivity index (χ0v) is 13.0. The van der Waals surface area contributed by atoms with Crippen LogP contribution in [0.15, 0.2) is 28.3 Å². The molecule has 0 atom stereocenters. The first-order valence-electron chi connectivity index (χ1n) is 6.47. The molecule has 0 saturated carbocycles. The van der Waals surface area contributed by atoms with Crippen molar-refractivity contribution in [2.75, 3.05) is 12.4 Å². The number of hydrogen-bond acceptors (Lipinski definition) is 8. The van der Waals surface area contributed by atoms with Crippen molar-refractivity contribution < 1.29 is 23.2 Å². The van der Waals surface area contributed by atoms with Gasteiger partial charge in [0.1, 0.15) is 0 Å². The number of aromatic nitrogens is 3. The van der Waals surface area contributed by atoms with Gasteiger partial charge in [0.25, 0.3) is 12.1 Å². The van der Waals surface area contributed by atoms with Crippen molar-refractivity contribution in [3.63, 3.8) is 0 Å². The van der Waals surface area contributed by atoms with Crippen molar-refractivity contribution in [2.24, 2.45) is 0 Å². The molecule has 0 fully saturated rings. The van der Waals surface area contributed by atoms with E-state index in [1.807, 2.05) is 0 Å². The van der Waals surface area contributed by atoms with Crippen LogP contribution < -0.4 is 5.84 Å². The number of nitro benzene ring substituents is 1. The van der Waals surface area contributed by atoms with Gasteiger partial charge in [0.05, 0.1) is 17.1 Å². The highest BCUT2D eigenvalue weighted by molar-refractivity contribution is 7.99. The molecule has 0 aliphatic rings. The summed E-state index contributed by atoms with van der Waals surface area (Å²) in [5.41, 5.74) is -0.414. The molecular weight excluding hydrogens is 348 g/mol. The van der Waals surface area contributed by atoms with Gasteiger partial charge < -0.3 is 10.6 Å². The number of esters is 1. The highest BCUT2D eigenvalue weighted by atomic mass is 32.2. The van der Waals surface area contributed by atoms with Crippen LogP contribution in [0.3, 0.4) is 0 Å². The van der Waals surface area contributed by atoms with E-state index in [4.69, 9.17) is 10.6 Å². The zero-order valence-electron chi connectivity index (χ0n) is 12.2. The van der Waals surface area contributed by atoms with Crippen LogP contribution in [-0.4, -0.2) is 32.4 Å². The highest BCUT2D eigenvalue weighted by Crippen LogP contribution is 2.32. The quantitative estimate of drug-likeness (QED) is 0.360. The van der Waals surface area contributed by atoms with E-state index in [1.165, 1.54) is 6.07 Å². The third-order valence-corrected chi connectivity index (χ3v) is 3.79. The summed E-state index contributed by atoms with van der Waals surface area (Å²) in [7, 11) is 0. The number of alkyl halides is 2. The second-order valence-electron chi connectivity index (χ2n) is 4.27. The number of nitro groups is 1. The van der Waals surface area contributed by atoms with Crippen LogP contribution in [0.2, 0.25) is 0 Å². The molecule has 24 heavy (non-hydrogen) atoms. The van der Waals surface area contributed by atoms with E-state index in [0.717, 1.165) is 23.9 Å². The molecule has 0 spiro atoms. The molecule has 0 bridgehead atoms. The van der Waals surface area contributed by atoms with Gasteiger partial charge in [-0.1, -0.05) is 0 Å². The fourth-order valence-electron chi connectivity index (χ4n) is 1.69. The first-order chi connectivity index (χ1) is 11.3. The second-order valence-corrected chi connectivity index (χ2v) is 5.28. The molecular formula is C12H11F2N5O4S. The molecule has 0 aliphatic heterocycles. The lowest BCUT2D eigenvalue weighted by molar-refractivity contribution is -0.384. The fourth-order valence-corrected chi connectivity index (χ4v) is 2.55. The zero-order chi connectivity index (χ0) is 17.9. The molecule has 1 aromatic heterocycles. The molecule has 2 N–H and O–H groups in total. The lowest BCUT2D eigenvalue weighted by Gasteiger charge is -2.08. The summed E-state index contributed by atoms with van der Waals surface area (Å²) in [6, 6.07) is 3.48. The fraction of sp³-hybridized carbons (Fsp3) is 0.250. The monoisotopic (exact) mass is 359 g/mol. The largest absolute Gasteiger partial charge is 0.462 e. The Hall–Kier alpha value is -2.76. The third kappa shape index (κ3) is 3.59. The first kappa shape index (κ1) is 17.6. The number of carbonyl (C=O) groups is 1. The molecule has 9 nitrogen and oxygen atoms in total. The second kappa shape index (κ2) is 7.21. The van der Waals surface area contributed by atoms with Crippen LogP contribution in [0, 0.1) is 10.1 Å². The molecule has 1 heterocycles. The summed E-state index contributed by atoms with van der Waals surface area (Å²) in [6.45, 7) is 1.64. The minimum Gasteiger partial charge on any atom is -0.462 e. The van der Waals surface area contributed by atoms with Crippen molar-refractivity contribution in [1.82, 2.24) is 14.9 Å². The summed E-state index contributed by atoms with van der Waals surface area (Å²) in [4.78, 5) is 22.4. The number of benzene rings is 1. The number of nitrogens with two attached hydrogens (primary N) is 1. The van der Waals surface area contributed by atoms with E-state index >= 15 is 0 Å². The number of carbonyl (C=O) groups excluding carboxylic acids is 1.